The highest BCUT2D eigenvalue weighted by Crippen LogP contribution is 1.91. The standard InChI is InChI=1S/C6H12N4O3/c1-4(11)2-3-5(12)13-10-6(7)9-8/h2-3,8H2,1H3,(H3,7,9,10). The molecule has 0 rings (SSSR count). The Hall–Kier alpha value is -1.79. The van der Waals surface area contributed by atoms with Gasteiger partial charge in [-0.15, -0.1) is 5.10 Å². The second-order valence-corrected chi connectivity index (χ2v) is 2.29. The van der Waals surface area contributed by atoms with Gasteiger partial charge in [0.2, 0.25) is 5.96 Å². The highest BCUT2D eigenvalue weighted by Gasteiger charge is 2.05. The van der Waals surface area contributed by atoms with Gasteiger partial charge in [-0.1, -0.05) is 0 Å². The number of carbonyl (C=O) groups is 2. The Bertz CT molecular complexity index is 226. The fourth-order valence-electron chi connectivity index (χ4n) is 0.465. The maximum Gasteiger partial charge on any atom is 0.332 e. The zero-order valence-corrected chi connectivity index (χ0v) is 7.24. The van der Waals surface area contributed by atoms with E-state index in [1.54, 1.807) is 0 Å². The normalized spacial score (nSPS) is 10.7. The lowest BCUT2D eigenvalue weighted by atomic mass is 10.2. The number of nitrogens with one attached hydrogen (secondary N) is 1. The first-order chi connectivity index (χ1) is 6.06. The molecule has 74 valence electrons. The molecule has 0 aromatic carbocycles. The highest BCUT2D eigenvalue weighted by molar-refractivity contribution is 5.82. The van der Waals surface area contributed by atoms with Crippen LogP contribution in [0, 0.1) is 0 Å². The van der Waals surface area contributed by atoms with E-state index < -0.39 is 5.97 Å². The smallest absolute Gasteiger partial charge is 0.332 e. The molecular formula is C6H12N4O3. The highest BCUT2D eigenvalue weighted by atomic mass is 16.7. The van der Waals surface area contributed by atoms with Crippen molar-refractivity contribution in [3.8, 4) is 0 Å². The van der Waals surface area contributed by atoms with Crippen LogP contribution in [0.1, 0.15) is 19.8 Å². The first kappa shape index (κ1) is 11.2. The molecule has 0 aliphatic rings. The molecule has 0 spiro atoms. The van der Waals surface area contributed by atoms with Crippen molar-refractivity contribution in [3.63, 3.8) is 0 Å². The predicted octanol–water partition coefficient (Wildman–Crippen LogP) is -1.41. The number of guanidine groups is 1. The average Bonchev–Trinajstić information content (AvgIpc) is 2.10. The van der Waals surface area contributed by atoms with Crippen LogP contribution in [0.4, 0.5) is 0 Å². The molecule has 0 atom stereocenters. The van der Waals surface area contributed by atoms with Crippen LogP contribution in [-0.2, 0) is 14.4 Å². The number of nitrogens with two attached hydrogens (primary N) is 2. The first-order valence-corrected chi connectivity index (χ1v) is 3.54. The van der Waals surface area contributed by atoms with E-state index in [0.29, 0.717) is 0 Å². The maximum absolute atomic E-state index is 10.8. The summed E-state index contributed by atoms with van der Waals surface area (Å²) in [5.74, 6) is 3.84. The Balaban J connectivity index is 3.58. The molecule has 7 heteroatoms. The van der Waals surface area contributed by atoms with Crippen molar-refractivity contribution in [1.82, 2.24) is 5.48 Å². The minimum atomic E-state index is -0.596. The molecule has 0 unspecified atom stereocenters. The molecule has 0 aliphatic carbocycles. The van der Waals surface area contributed by atoms with Crippen LogP contribution >= 0.6 is 0 Å². The lowest BCUT2D eigenvalue weighted by molar-refractivity contribution is -0.148. The van der Waals surface area contributed by atoms with Crippen molar-refractivity contribution >= 4 is 17.7 Å². The Morgan fingerprint density at radius 1 is 1.46 bits per heavy atom. The molecule has 0 amide bonds. The molecule has 0 fully saturated rings. The number of Topliss-reactive ketones (excluding diaryl/α,β-unsaturated/α-hetero) is 1. The number of hydrogen-bond acceptors (Lipinski definition) is 5. The van der Waals surface area contributed by atoms with E-state index in [1.165, 1.54) is 6.92 Å². The molecule has 0 aromatic heterocycles. The van der Waals surface area contributed by atoms with Gasteiger partial charge in [-0.25, -0.2) is 4.79 Å². The Kier molecular flexibility index (Phi) is 5.01. The van der Waals surface area contributed by atoms with E-state index in [9.17, 15) is 9.59 Å². The van der Waals surface area contributed by atoms with E-state index in [4.69, 9.17) is 11.6 Å². The molecule has 0 radical (unpaired) electrons. The number of hydrazone groups is 1. The molecule has 0 saturated carbocycles. The van der Waals surface area contributed by atoms with Gasteiger partial charge in [0.25, 0.3) is 0 Å². The zero-order chi connectivity index (χ0) is 10.3. The first-order valence-electron chi connectivity index (χ1n) is 3.54. The predicted molar refractivity (Wildman–Crippen MR) is 45.0 cm³/mol. The summed E-state index contributed by atoms with van der Waals surface area (Å²) in [5.41, 5.74) is 7.04. The Morgan fingerprint density at radius 3 is 2.54 bits per heavy atom. The largest absolute Gasteiger partial charge is 0.366 e. The van der Waals surface area contributed by atoms with Gasteiger partial charge in [0.05, 0.1) is 6.42 Å². The molecular weight excluding hydrogens is 176 g/mol. The molecule has 0 saturated heterocycles. The van der Waals surface area contributed by atoms with E-state index in [0.717, 1.165) is 0 Å². The summed E-state index contributed by atoms with van der Waals surface area (Å²) in [6, 6.07) is 0. The summed E-state index contributed by atoms with van der Waals surface area (Å²) in [6.45, 7) is 1.39. The lowest BCUT2D eigenvalue weighted by Crippen LogP contribution is -2.34. The number of nitrogens with zero attached hydrogens (tertiary/aromatic N) is 1. The molecule has 0 bridgehead atoms. The van der Waals surface area contributed by atoms with Gasteiger partial charge < -0.3 is 21.2 Å². The number of carbonyl (C=O) groups excluding carboxylic acids is 2. The maximum atomic E-state index is 10.8. The summed E-state index contributed by atoms with van der Waals surface area (Å²) < 4.78 is 0. The van der Waals surface area contributed by atoms with Crippen molar-refractivity contribution in [2.45, 2.75) is 19.8 Å². The fourth-order valence-corrected chi connectivity index (χ4v) is 0.465. The van der Waals surface area contributed by atoms with Crippen LogP contribution in [0.3, 0.4) is 0 Å². The summed E-state index contributed by atoms with van der Waals surface area (Å²) in [5, 5.41) is 2.99. The van der Waals surface area contributed by atoms with E-state index in [-0.39, 0.29) is 24.6 Å². The van der Waals surface area contributed by atoms with E-state index in [2.05, 4.69) is 9.94 Å². The van der Waals surface area contributed by atoms with Gasteiger partial charge in [0.1, 0.15) is 5.78 Å². The van der Waals surface area contributed by atoms with Gasteiger partial charge in [-0.3, -0.25) is 0 Å². The minimum absolute atomic E-state index is 0.000183. The summed E-state index contributed by atoms with van der Waals surface area (Å²) in [4.78, 5) is 25.6. The van der Waals surface area contributed by atoms with E-state index in [1.807, 2.05) is 5.48 Å². The average molecular weight is 188 g/mol. The Labute approximate surface area is 75.0 Å². The molecule has 0 aromatic rings. The third-order valence-electron chi connectivity index (χ3n) is 1.09. The quantitative estimate of drug-likeness (QED) is 0.216. The molecule has 0 aliphatic heterocycles. The molecule has 0 heterocycles. The van der Waals surface area contributed by atoms with Crippen LogP contribution in [0.5, 0.6) is 0 Å². The van der Waals surface area contributed by atoms with Crippen LogP contribution in [-0.4, -0.2) is 17.7 Å². The SMILES string of the molecule is CC(=O)CCC(=O)ONC(N)=NN. The number of rotatable bonds is 3. The van der Waals surface area contributed by atoms with Crippen LogP contribution in [0.15, 0.2) is 5.10 Å². The van der Waals surface area contributed by atoms with Crippen molar-refractivity contribution in [3.05, 3.63) is 0 Å². The van der Waals surface area contributed by atoms with Crippen LogP contribution in [0.2, 0.25) is 0 Å². The summed E-state index contributed by atoms with van der Waals surface area (Å²) in [6.07, 6.45) is 0.139. The third-order valence-corrected chi connectivity index (χ3v) is 1.09. The van der Waals surface area contributed by atoms with E-state index >= 15 is 0 Å². The lowest BCUT2D eigenvalue weighted by Gasteiger charge is -2.03. The monoisotopic (exact) mass is 188 g/mol. The summed E-state index contributed by atoms with van der Waals surface area (Å²) >= 11 is 0. The molecule has 13 heavy (non-hydrogen) atoms. The second-order valence-electron chi connectivity index (χ2n) is 2.29. The Morgan fingerprint density at radius 2 is 2.08 bits per heavy atom. The molecule has 5 N–H and O–H groups in total. The minimum Gasteiger partial charge on any atom is -0.366 e. The van der Waals surface area contributed by atoms with Crippen LogP contribution < -0.4 is 17.1 Å². The van der Waals surface area contributed by atoms with Gasteiger partial charge in [-0.05, 0) is 6.92 Å². The summed E-state index contributed by atoms with van der Waals surface area (Å²) in [7, 11) is 0. The zero-order valence-electron chi connectivity index (χ0n) is 7.24. The van der Waals surface area contributed by atoms with Gasteiger partial charge in [-0.2, -0.15) is 5.48 Å². The van der Waals surface area contributed by atoms with Crippen LogP contribution in [0.25, 0.3) is 0 Å². The van der Waals surface area contributed by atoms with Crippen molar-refractivity contribution in [2.24, 2.45) is 16.7 Å². The second kappa shape index (κ2) is 5.81. The molecule has 7 nitrogen and oxygen atoms in total. The third kappa shape index (κ3) is 6.60. The van der Waals surface area contributed by atoms with Gasteiger partial charge in [0, 0.05) is 6.42 Å². The number of hydrogen-bond donors (Lipinski definition) is 3. The fraction of sp³-hybridized carbons (Fsp3) is 0.500. The van der Waals surface area contributed by atoms with Gasteiger partial charge in [0.15, 0.2) is 0 Å². The number of ketones is 1. The van der Waals surface area contributed by atoms with Gasteiger partial charge >= 0.3 is 5.97 Å². The topological polar surface area (TPSA) is 120 Å². The van der Waals surface area contributed by atoms with Crippen molar-refractivity contribution in [2.75, 3.05) is 0 Å². The number of hydroxylamine groups is 1. The van der Waals surface area contributed by atoms with Crippen molar-refractivity contribution < 1.29 is 14.4 Å². The van der Waals surface area contributed by atoms with Crippen molar-refractivity contribution in [1.29, 1.82) is 0 Å².